The summed E-state index contributed by atoms with van der Waals surface area (Å²) in [5.74, 6) is 0. The van der Waals surface area contributed by atoms with E-state index in [4.69, 9.17) is 17.1 Å². The average molecular weight is 421 g/mol. The SMILES string of the molecule is C[Si](C)(C)O[Si](C)(C)O[Si](C)(O[Si](C)(C)COCF)c1ccccc1. The van der Waals surface area contributed by atoms with Gasteiger partial charge in [0.05, 0.1) is 6.23 Å². The molecule has 0 heterocycles. The lowest BCUT2D eigenvalue weighted by Gasteiger charge is -2.42. The Labute approximate surface area is 156 Å². The smallest absolute Gasteiger partial charge is 0.350 e. The van der Waals surface area contributed by atoms with Gasteiger partial charge in [0.15, 0.2) is 15.2 Å². The molecule has 0 aliphatic heterocycles. The molecule has 0 saturated carbocycles. The Kier molecular flexibility index (Phi) is 7.97. The maximum absolute atomic E-state index is 12.5. The average Bonchev–Trinajstić information content (AvgIpc) is 2.42. The first-order chi connectivity index (χ1) is 11.3. The van der Waals surface area contributed by atoms with Crippen LogP contribution in [-0.2, 0) is 17.1 Å². The molecule has 0 radical (unpaired) electrons. The molecule has 0 spiro atoms. The van der Waals surface area contributed by atoms with Crippen molar-refractivity contribution in [1.82, 2.24) is 0 Å². The molecule has 1 atom stereocenters. The Balaban J connectivity index is 3.12. The minimum absolute atomic E-state index is 0.305. The number of rotatable bonds is 10. The molecule has 0 saturated heterocycles. The van der Waals surface area contributed by atoms with Gasteiger partial charge in [-0.15, -0.1) is 0 Å². The zero-order valence-electron chi connectivity index (χ0n) is 16.8. The van der Waals surface area contributed by atoms with E-state index in [1.165, 1.54) is 0 Å². The maximum atomic E-state index is 12.5. The standard InChI is InChI=1S/C16H33FO4Si4/c1-22(2,3)19-24(6,7)21-25(8,16-12-10-9-11-13-16)20-23(4,5)15-18-14-17/h9-13H,14-15H2,1-8H3. The van der Waals surface area contributed by atoms with Crippen LogP contribution in [0.3, 0.4) is 0 Å². The van der Waals surface area contributed by atoms with Crippen LogP contribution in [0.25, 0.3) is 0 Å². The van der Waals surface area contributed by atoms with Crippen molar-refractivity contribution in [3.8, 4) is 0 Å². The third-order valence-electron chi connectivity index (χ3n) is 3.29. The fourth-order valence-electron chi connectivity index (χ4n) is 2.95. The van der Waals surface area contributed by atoms with E-state index in [1.807, 2.05) is 43.4 Å². The number of benzene rings is 1. The first kappa shape index (κ1) is 22.9. The highest BCUT2D eigenvalue weighted by Crippen LogP contribution is 2.24. The van der Waals surface area contributed by atoms with E-state index in [1.54, 1.807) is 0 Å². The van der Waals surface area contributed by atoms with Gasteiger partial charge in [0, 0.05) is 0 Å². The van der Waals surface area contributed by atoms with Gasteiger partial charge < -0.3 is 17.1 Å². The predicted molar refractivity (Wildman–Crippen MR) is 111 cm³/mol. The Morgan fingerprint density at radius 2 is 1.36 bits per heavy atom. The number of hydrogen-bond acceptors (Lipinski definition) is 4. The molecule has 1 unspecified atom stereocenters. The Morgan fingerprint density at radius 3 is 1.84 bits per heavy atom. The molecule has 144 valence electrons. The molecule has 25 heavy (non-hydrogen) atoms. The number of ether oxygens (including phenoxy) is 1. The molecule has 0 aromatic heterocycles. The van der Waals surface area contributed by atoms with Gasteiger partial charge in [-0.05, 0) is 57.6 Å². The van der Waals surface area contributed by atoms with Crippen LogP contribution in [0, 0.1) is 0 Å². The van der Waals surface area contributed by atoms with Gasteiger partial charge in [0.25, 0.3) is 0 Å². The monoisotopic (exact) mass is 420 g/mol. The molecule has 4 nitrogen and oxygen atoms in total. The molecular formula is C16H33FO4Si4. The molecule has 1 rings (SSSR count). The lowest BCUT2D eigenvalue weighted by atomic mass is 10.4. The van der Waals surface area contributed by atoms with Crippen LogP contribution in [0.5, 0.6) is 0 Å². The highest BCUT2D eigenvalue weighted by atomic mass is 28.5. The third kappa shape index (κ3) is 8.39. The van der Waals surface area contributed by atoms with E-state index in [2.05, 4.69) is 39.3 Å². The van der Waals surface area contributed by atoms with Crippen molar-refractivity contribution in [1.29, 1.82) is 0 Å². The summed E-state index contributed by atoms with van der Waals surface area (Å²) in [4.78, 5) is 0. The minimum atomic E-state index is -2.73. The molecule has 1 aromatic carbocycles. The van der Waals surface area contributed by atoms with Crippen LogP contribution in [0.15, 0.2) is 30.3 Å². The summed E-state index contributed by atoms with van der Waals surface area (Å²) in [6.45, 7) is 16.0. The van der Waals surface area contributed by atoms with E-state index < -0.39 is 40.6 Å². The molecular weight excluding hydrogens is 388 g/mol. The Morgan fingerprint density at radius 1 is 0.800 bits per heavy atom. The van der Waals surface area contributed by atoms with E-state index in [-0.39, 0.29) is 0 Å². The van der Waals surface area contributed by atoms with E-state index in [0.29, 0.717) is 6.23 Å². The summed E-state index contributed by atoms with van der Waals surface area (Å²) >= 11 is 0. The zero-order chi connectivity index (χ0) is 19.4. The Bertz CT molecular complexity index is 537. The van der Waals surface area contributed by atoms with Crippen LogP contribution in [0.1, 0.15) is 0 Å². The van der Waals surface area contributed by atoms with Crippen molar-refractivity contribution in [2.24, 2.45) is 0 Å². The maximum Gasteiger partial charge on any atom is 0.350 e. The van der Waals surface area contributed by atoms with Gasteiger partial charge >= 0.3 is 17.1 Å². The normalized spacial score (nSPS) is 15.9. The predicted octanol–water partition coefficient (Wildman–Crippen LogP) is 4.24. The minimum Gasteiger partial charge on any atom is -0.437 e. The van der Waals surface area contributed by atoms with Crippen molar-refractivity contribution in [2.75, 3.05) is 13.1 Å². The van der Waals surface area contributed by atoms with Crippen LogP contribution in [0.2, 0.25) is 52.4 Å². The summed E-state index contributed by atoms with van der Waals surface area (Å²) < 4.78 is 37.1. The second kappa shape index (κ2) is 8.70. The molecule has 0 amide bonds. The summed E-state index contributed by atoms with van der Waals surface area (Å²) in [6, 6.07) is 10.1. The van der Waals surface area contributed by atoms with Gasteiger partial charge in [-0.1, -0.05) is 30.3 Å². The quantitative estimate of drug-likeness (QED) is 0.531. The lowest BCUT2D eigenvalue weighted by molar-refractivity contribution is 0.0798. The lowest BCUT2D eigenvalue weighted by Crippen LogP contribution is -2.64. The van der Waals surface area contributed by atoms with Crippen LogP contribution < -0.4 is 5.19 Å². The molecule has 0 aliphatic rings. The summed E-state index contributed by atoms with van der Waals surface area (Å²) in [5, 5.41) is 1.07. The van der Waals surface area contributed by atoms with Crippen LogP contribution in [-0.4, -0.2) is 46.8 Å². The zero-order valence-corrected chi connectivity index (χ0v) is 20.8. The fourth-order valence-corrected chi connectivity index (χ4v) is 20.4. The fraction of sp³-hybridized carbons (Fsp3) is 0.625. The third-order valence-corrected chi connectivity index (χ3v) is 17.3. The summed E-state index contributed by atoms with van der Waals surface area (Å²) in [5.41, 5.74) is 0. The molecule has 0 N–H and O–H groups in total. The van der Waals surface area contributed by atoms with Gasteiger partial charge in [0.1, 0.15) is 0 Å². The summed E-state index contributed by atoms with van der Waals surface area (Å²) in [6.07, 6.45) is 0.305. The molecule has 0 fully saturated rings. The van der Waals surface area contributed by atoms with Gasteiger partial charge in [-0.3, -0.25) is 0 Å². The molecule has 0 bridgehead atoms. The van der Waals surface area contributed by atoms with E-state index in [9.17, 15) is 4.39 Å². The topological polar surface area (TPSA) is 36.9 Å². The second-order valence-corrected chi connectivity index (χ2v) is 24.1. The molecule has 9 heteroatoms. The van der Waals surface area contributed by atoms with Gasteiger partial charge in [0.2, 0.25) is 8.32 Å². The van der Waals surface area contributed by atoms with Crippen LogP contribution in [0.4, 0.5) is 4.39 Å². The van der Waals surface area contributed by atoms with Crippen molar-refractivity contribution < 1.29 is 21.5 Å². The summed E-state index contributed by atoms with van der Waals surface area (Å²) in [7, 11) is -9.09. The first-order valence-corrected chi connectivity index (χ1v) is 20.2. The number of alkyl halides is 1. The second-order valence-electron chi connectivity index (χ2n) is 8.35. The molecule has 0 aliphatic carbocycles. The van der Waals surface area contributed by atoms with Crippen molar-refractivity contribution in [2.45, 2.75) is 52.4 Å². The largest absolute Gasteiger partial charge is 0.437 e. The van der Waals surface area contributed by atoms with Gasteiger partial charge in [-0.2, -0.15) is 0 Å². The number of hydrogen-bond donors (Lipinski definition) is 0. The van der Waals surface area contributed by atoms with Crippen molar-refractivity contribution in [3.05, 3.63) is 30.3 Å². The van der Waals surface area contributed by atoms with Crippen molar-refractivity contribution in [3.63, 3.8) is 0 Å². The molecule has 1 aromatic rings. The van der Waals surface area contributed by atoms with E-state index >= 15 is 0 Å². The number of halogens is 1. The van der Waals surface area contributed by atoms with E-state index in [0.717, 1.165) is 5.19 Å². The van der Waals surface area contributed by atoms with Crippen LogP contribution >= 0.6 is 0 Å². The highest BCUT2D eigenvalue weighted by molar-refractivity contribution is 6.95. The highest BCUT2D eigenvalue weighted by Gasteiger charge is 2.47. The van der Waals surface area contributed by atoms with Gasteiger partial charge in [-0.25, -0.2) is 4.39 Å². The first-order valence-electron chi connectivity index (χ1n) is 8.58. The Hall–Kier alpha value is -0.142. The van der Waals surface area contributed by atoms with Crippen molar-refractivity contribution >= 4 is 38.9 Å².